The van der Waals surface area contributed by atoms with Gasteiger partial charge in [0, 0.05) is 13.6 Å². The molecule has 92 valence electrons. The number of carbonyl (C=O) groups excluding carboxylic acids is 2. The Labute approximate surface area is 93.8 Å². The Balaban J connectivity index is 4.31. The van der Waals surface area contributed by atoms with Crippen molar-refractivity contribution in [2.24, 2.45) is 0 Å². The molecule has 0 radical (unpaired) electrons. The summed E-state index contributed by atoms with van der Waals surface area (Å²) in [5.41, 5.74) is 0. The fourth-order valence-electron chi connectivity index (χ4n) is 0.918. The number of hydrogen-bond donors (Lipinski definition) is 3. The standard InChI is InChI=1S/C9H17N3O4/c1-4-12(5-7(13)10-3)9(16)11-6(2)8(14)15/h6H,4-5H2,1-3H3,(H,10,13)(H,11,16)(H,14,15)/t6-/m0/s1. The lowest BCUT2D eigenvalue weighted by Crippen LogP contribution is -2.49. The number of carboxylic acids is 1. The molecule has 0 aliphatic rings. The number of hydrogen-bond acceptors (Lipinski definition) is 3. The van der Waals surface area contributed by atoms with Crippen LogP contribution >= 0.6 is 0 Å². The molecule has 16 heavy (non-hydrogen) atoms. The first kappa shape index (κ1) is 14.2. The summed E-state index contributed by atoms with van der Waals surface area (Å²) in [7, 11) is 1.47. The number of likely N-dealkylation sites (N-methyl/N-ethyl adjacent to an activating group) is 2. The van der Waals surface area contributed by atoms with E-state index in [1.165, 1.54) is 18.9 Å². The lowest BCUT2D eigenvalue weighted by molar-refractivity contribution is -0.138. The van der Waals surface area contributed by atoms with E-state index >= 15 is 0 Å². The summed E-state index contributed by atoms with van der Waals surface area (Å²) in [4.78, 5) is 34.3. The van der Waals surface area contributed by atoms with Gasteiger partial charge < -0.3 is 20.6 Å². The number of nitrogens with one attached hydrogen (secondary N) is 2. The normalized spacial score (nSPS) is 11.4. The van der Waals surface area contributed by atoms with Crippen LogP contribution in [0.4, 0.5) is 4.79 Å². The second-order valence-electron chi connectivity index (χ2n) is 3.20. The summed E-state index contributed by atoms with van der Waals surface area (Å²) in [5.74, 6) is -1.43. The van der Waals surface area contributed by atoms with E-state index < -0.39 is 18.0 Å². The largest absolute Gasteiger partial charge is 0.480 e. The van der Waals surface area contributed by atoms with Crippen LogP contribution in [0.25, 0.3) is 0 Å². The number of rotatable bonds is 5. The second kappa shape index (κ2) is 6.65. The Bertz CT molecular complexity index is 280. The van der Waals surface area contributed by atoms with Gasteiger partial charge in [0.1, 0.15) is 12.6 Å². The SMILES string of the molecule is CCN(CC(=O)NC)C(=O)N[C@@H](C)C(=O)O. The highest BCUT2D eigenvalue weighted by atomic mass is 16.4. The van der Waals surface area contributed by atoms with E-state index in [0.717, 1.165) is 0 Å². The van der Waals surface area contributed by atoms with Gasteiger partial charge in [-0.05, 0) is 13.8 Å². The van der Waals surface area contributed by atoms with Crippen molar-refractivity contribution in [3.05, 3.63) is 0 Å². The molecule has 0 aliphatic carbocycles. The first-order valence-corrected chi connectivity index (χ1v) is 4.91. The molecule has 0 aromatic carbocycles. The maximum absolute atomic E-state index is 11.5. The summed E-state index contributed by atoms with van der Waals surface area (Å²) in [5, 5.41) is 13.3. The van der Waals surface area contributed by atoms with Gasteiger partial charge in [-0.2, -0.15) is 0 Å². The van der Waals surface area contributed by atoms with Crippen molar-refractivity contribution in [3.8, 4) is 0 Å². The predicted molar refractivity (Wildman–Crippen MR) is 56.9 cm³/mol. The summed E-state index contributed by atoms with van der Waals surface area (Å²) in [6.07, 6.45) is 0. The van der Waals surface area contributed by atoms with Crippen LogP contribution in [0.1, 0.15) is 13.8 Å². The highest BCUT2D eigenvalue weighted by Gasteiger charge is 2.19. The van der Waals surface area contributed by atoms with Crippen molar-refractivity contribution in [1.82, 2.24) is 15.5 Å². The molecule has 0 aliphatic heterocycles. The average Bonchev–Trinajstić information content (AvgIpc) is 2.24. The third-order valence-corrected chi connectivity index (χ3v) is 1.99. The smallest absolute Gasteiger partial charge is 0.325 e. The molecule has 3 N–H and O–H groups in total. The fourth-order valence-corrected chi connectivity index (χ4v) is 0.918. The minimum atomic E-state index is -1.12. The van der Waals surface area contributed by atoms with Gasteiger partial charge in [0.2, 0.25) is 5.91 Å². The predicted octanol–water partition coefficient (Wildman–Crippen LogP) is -0.763. The van der Waals surface area contributed by atoms with Gasteiger partial charge in [-0.3, -0.25) is 9.59 Å². The summed E-state index contributed by atoms with van der Waals surface area (Å²) in [6, 6.07) is -1.55. The van der Waals surface area contributed by atoms with E-state index in [0.29, 0.717) is 6.54 Å². The molecule has 0 saturated carbocycles. The molecule has 0 spiro atoms. The molecule has 7 heteroatoms. The quantitative estimate of drug-likeness (QED) is 0.579. The summed E-state index contributed by atoms with van der Waals surface area (Å²) < 4.78 is 0. The average molecular weight is 231 g/mol. The third kappa shape index (κ3) is 4.63. The van der Waals surface area contributed by atoms with Crippen molar-refractivity contribution in [3.63, 3.8) is 0 Å². The Morgan fingerprint density at radius 1 is 1.38 bits per heavy atom. The van der Waals surface area contributed by atoms with Crippen molar-refractivity contribution in [1.29, 1.82) is 0 Å². The third-order valence-electron chi connectivity index (χ3n) is 1.99. The van der Waals surface area contributed by atoms with E-state index in [4.69, 9.17) is 5.11 Å². The van der Waals surface area contributed by atoms with Crippen LogP contribution in [0.15, 0.2) is 0 Å². The van der Waals surface area contributed by atoms with Gasteiger partial charge in [0.15, 0.2) is 0 Å². The van der Waals surface area contributed by atoms with E-state index in [1.54, 1.807) is 6.92 Å². The number of nitrogens with zero attached hydrogens (tertiary/aromatic N) is 1. The molecule has 3 amide bonds. The highest BCUT2D eigenvalue weighted by molar-refractivity contribution is 5.86. The molecule has 1 atom stereocenters. The zero-order valence-corrected chi connectivity index (χ0v) is 9.61. The van der Waals surface area contributed by atoms with Gasteiger partial charge in [0.05, 0.1) is 0 Å². The Kier molecular flexibility index (Phi) is 5.91. The van der Waals surface area contributed by atoms with Crippen LogP contribution in [0.2, 0.25) is 0 Å². The van der Waals surface area contributed by atoms with Gasteiger partial charge in [-0.1, -0.05) is 0 Å². The van der Waals surface area contributed by atoms with E-state index in [2.05, 4.69) is 10.6 Å². The first-order chi connectivity index (χ1) is 7.42. The lowest BCUT2D eigenvalue weighted by Gasteiger charge is -2.21. The molecular formula is C9H17N3O4. The van der Waals surface area contributed by atoms with Crippen LogP contribution < -0.4 is 10.6 Å². The second-order valence-corrected chi connectivity index (χ2v) is 3.20. The van der Waals surface area contributed by atoms with Gasteiger partial charge in [-0.15, -0.1) is 0 Å². The van der Waals surface area contributed by atoms with Gasteiger partial charge in [-0.25, -0.2) is 4.79 Å². The van der Waals surface area contributed by atoms with E-state index in [1.807, 2.05) is 0 Å². The minimum Gasteiger partial charge on any atom is -0.480 e. The van der Waals surface area contributed by atoms with Crippen molar-refractivity contribution >= 4 is 17.9 Å². The number of carbonyl (C=O) groups is 3. The zero-order chi connectivity index (χ0) is 12.7. The van der Waals surface area contributed by atoms with Crippen molar-refractivity contribution in [2.45, 2.75) is 19.9 Å². The van der Waals surface area contributed by atoms with Crippen molar-refractivity contribution in [2.75, 3.05) is 20.1 Å². The number of carboxylic acid groups (broad SMARTS) is 1. The van der Waals surface area contributed by atoms with Crippen LogP contribution in [0.3, 0.4) is 0 Å². The summed E-state index contributed by atoms with van der Waals surface area (Å²) in [6.45, 7) is 3.29. The molecular weight excluding hydrogens is 214 g/mol. The van der Waals surface area contributed by atoms with E-state index in [9.17, 15) is 14.4 Å². The van der Waals surface area contributed by atoms with Gasteiger partial charge in [0.25, 0.3) is 0 Å². The molecule has 0 aromatic heterocycles. The van der Waals surface area contributed by atoms with Crippen molar-refractivity contribution < 1.29 is 19.5 Å². The monoisotopic (exact) mass is 231 g/mol. The number of aliphatic carboxylic acids is 1. The molecule has 0 saturated heterocycles. The maximum atomic E-state index is 11.5. The number of amides is 3. The molecule has 0 heterocycles. The zero-order valence-electron chi connectivity index (χ0n) is 9.61. The first-order valence-electron chi connectivity index (χ1n) is 4.91. The van der Waals surface area contributed by atoms with Crippen LogP contribution in [0.5, 0.6) is 0 Å². The lowest BCUT2D eigenvalue weighted by atomic mass is 10.3. The maximum Gasteiger partial charge on any atom is 0.325 e. The molecule has 0 bridgehead atoms. The summed E-state index contributed by atoms with van der Waals surface area (Å²) >= 11 is 0. The minimum absolute atomic E-state index is 0.0921. The molecule has 7 nitrogen and oxygen atoms in total. The topological polar surface area (TPSA) is 98.7 Å². The Hall–Kier alpha value is -1.79. The number of urea groups is 1. The van der Waals surface area contributed by atoms with Gasteiger partial charge >= 0.3 is 12.0 Å². The Morgan fingerprint density at radius 3 is 2.31 bits per heavy atom. The highest BCUT2D eigenvalue weighted by Crippen LogP contribution is 1.91. The molecule has 0 unspecified atom stereocenters. The van der Waals surface area contributed by atoms with E-state index in [-0.39, 0.29) is 12.5 Å². The van der Waals surface area contributed by atoms with Crippen LogP contribution in [-0.2, 0) is 9.59 Å². The van der Waals surface area contributed by atoms with Crippen LogP contribution in [-0.4, -0.2) is 54.1 Å². The molecule has 0 fully saturated rings. The molecule has 0 rings (SSSR count). The fraction of sp³-hybridized carbons (Fsp3) is 0.667. The molecule has 0 aromatic rings. The van der Waals surface area contributed by atoms with Crippen LogP contribution in [0, 0.1) is 0 Å². The Morgan fingerprint density at radius 2 is 1.94 bits per heavy atom.